The minimum atomic E-state index is -0.398. The van der Waals surface area contributed by atoms with E-state index in [1.807, 2.05) is 14.2 Å². The number of ketones is 5. The van der Waals surface area contributed by atoms with E-state index in [1.165, 1.54) is 0 Å². The van der Waals surface area contributed by atoms with Crippen LogP contribution >= 0.6 is 0 Å². The number of hydrogen-bond donors (Lipinski definition) is 5. The first kappa shape index (κ1) is 103. The summed E-state index contributed by atoms with van der Waals surface area (Å²) >= 11 is 0. The Morgan fingerprint density at radius 2 is 0.636 bits per heavy atom. The normalized spacial score (nSPS) is 43.6. The average molecular weight is 1920 g/mol. The quantitative estimate of drug-likeness (QED) is 0.0563. The molecule has 0 aromatic carbocycles. The standard InChI is InChI=1S/C32H52O6.C31H50O6.C26H44O4.5Y/c1-19(10-11-21(3)34)24-12-13-25-30-26(18-28(35)32(24,25)5)31(4)15-14-23(16-22(31)17-27(30)37-6)38-29(36)9-7-8-20(2)33;1-18(9-10-20(3)33)23-11-12-24-29-25(17-27(35)31(23,24)5)30(4)14-13-22(15-21(30)16-26(29)34)37-28(36)8-6-7-19(2)32;1-15(6-7-16(2)27)19-8-9-20-24-21(14-23(29)26(19,20)4)25(3)11-10-18(30-5)12-17(25)13-22(24)28;;;;;/h19,22-28,30,35H,7-18H2,1-6H3;18,21-27,29,34-35H,6-17H2,1-5H3;15,17-24,28-29H,6-14H2,1-5H3;;;;;/t19-,22+,23-,24-,25+,26+,27-,28+,30+,31+,32-;18?,21?,22?,23-,24?,25?,26?,27?,29?,30+,31-;15-,17?,18?,19-,20?,21?,22?,23?,24?,25+,26-;;;;;/m111...../s1. The first-order valence-electron chi connectivity index (χ1n) is 42.7. The number of aliphatic hydroxyl groups excluding tert-OH is 5. The maximum atomic E-state index is 12.4. The van der Waals surface area contributed by atoms with Gasteiger partial charge in [0.2, 0.25) is 0 Å². The molecule has 12 aliphatic rings. The number of carbonyl (C=O) groups is 7. The van der Waals surface area contributed by atoms with Gasteiger partial charge in [0, 0.05) is 223 Å². The Morgan fingerprint density at radius 3 is 0.945 bits per heavy atom. The molecule has 33 atom stereocenters. The number of fused-ring (bicyclic) bond motifs is 15. The van der Waals surface area contributed by atoms with Gasteiger partial charge in [-0.15, -0.1) is 0 Å². The molecule has 110 heavy (non-hydrogen) atoms. The maximum absolute atomic E-state index is 12.4. The molecule has 0 aliphatic heterocycles. The SMILES string of the molecule is CC(=O)CCCC(=O)OC1CC[C@@]2(C)C(C1)CC(O)C1C2CC(O)[C@@]2(C)C1CC[C@@H]2C(C)CCC(C)=O.COC1CC[C@@]2(C)C(C1)CC(O)C1C2CC(O)[C@@]2(C)C1CC[C@@H]2[C@H](C)CCC(C)=O.CO[C@@H]1C[C@@H]2C[C@H](OC(=O)CCCC(C)=O)CC[C@]2(C)[C@H]2C[C@H](O)[C@]3(C)[C@@H]([C@H](C)CCC(C)=O)CC[C@H]3[C@H]12.[Y].[Y].[Y].[Y].[Y]. The monoisotopic (exact) mass is 1920 g/mol. The second-order valence-electron chi connectivity index (χ2n) is 39.7. The van der Waals surface area contributed by atoms with Gasteiger partial charge in [-0.2, -0.15) is 0 Å². The number of carbonyl (C=O) groups excluding carboxylic acids is 7. The summed E-state index contributed by atoms with van der Waals surface area (Å²) in [5.74, 6) is 7.38. The molecule has 0 amide bonds. The smallest absolute Gasteiger partial charge is 0.306 e. The number of rotatable bonds is 24. The Kier molecular flexibility index (Phi) is 40.5. The molecule has 5 radical (unpaired) electrons. The topological polar surface area (TPSA) is 258 Å². The molecular weight excluding hydrogens is 1770 g/mol. The second kappa shape index (κ2) is 43.2. The second-order valence-corrected chi connectivity index (χ2v) is 39.7. The Bertz CT molecular complexity index is 3050. The van der Waals surface area contributed by atoms with Crippen LogP contribution in [0.4, 0.5) is 0 Å². The molecule has 5 N–H and O–H groups in total. The van der Waals surface area contributed by atoms with Gasteiger partial charge >= 0.3 is 11.9 Å². The van der Waals surface area contributed by atoms with Crippen molar-refractivity contribution in [1.29, 1.82) is 0 Å². The molecule has 0 aromatic rings. The minimum absolute atomic E-state index is 0. The molecule has 16 nitrogen and oxygen atoms in total. The predicted molar refractivity (Wildman–Crippen MR) is 406 cm³/mol. The van der Waals surface area contributed by atoms with E-state index in [9.17, 15) is 59.1 Å². The third-order valence-electron chi connectivity index (χ3n) is 34.4. The van der Waals surface area contributed by atoms with E-state index in [2.05, 4.69) is 62.3 Å². The van der Waals surface area contributed by atoms with Crippen molar-refractivity contribution < 1.29 is 242 Å². The largest absolute Gasteiger partial charge is 0.462 e. The van der Waals surface area contributed by atoms with Crippen molar-refractivity contribution in [2.45, 2.75) is 364 Å². The summed E-state index contributed by atoms with van der Waals surface area (Å²) in [5, 5.41) is 58.1. The molecule has 613 valence electrons. The van der Waals surface area contributed by atoms with Crippen LogP contribution in [0.2, 0.25) is 0 Å². The van der Waals surface area contributed by atoms with Gasteiger partial charge in [-0.25, -0.2) is 0 Å². The first-order valence-corrected chi connectivity index (χ1v) is 42.7. The molecule has 12 fully saturated rings. The molecule has 0 spiro atoms. The van der Waals surface area contributed by atoms with Gasteiger partial charge < -0.3 is 68.5 Å². The fourth-order valence-corrected chi connectivity index (χ4v) is 28.3. The zero-order valence-electron chi connectivity index (χ0n) is 71.0. The summed E-state index contributed by atoms with van der Waals surface area (Å²) in [6, 6.07) is 0. The van der Waals surface area contributed by atoms with E-state index in [-0.39, 0.29) is 298 Å². The summed E-state index contributed by atoms with van der Waals surface area (Å²) < 4.78 is 23.6. The maximum Gasteiger partial charge on any atom is 0.306 e. The van der Waals surface area contributed by atoms with Crippen LogP contribution < -0.4 is 0 Å². The summed E-state index contributed by atoms with van der Waals surface area (Å²) in [5.41, 5.74) is -0.136. The van der Waals surface area contributed by atoms with E-state index in [4.69, 9.17) is 18.9 Å². The van der Waals surface area contributed by atoms with Crippen LogP contribution in [-0.4, -0.2) is 136 Å². The third kappa shape index (κ3) is 21.5. The molecule has 0 aromatic heterocycles. The van der Waals surface area contributed by atoms with Crippen LogP contribution in [0.15, 0.2) is 0 Å². The minimum Gasteiger partial charge on any atom is -0.462 e. The molecule has 15 unspecified atom stereocenters. The summed E-state index contributed by atoms with van der Waals surface area (Å²) in [7, 11) is 3.67. The zero-order chi connectivity index (χ0) is 76.8. The van der Waals surface area contributed by atoms with Gasteiger partial charge in [0.1, 0.15) is 41.1 Å². The van der Waals surface area contributed by atoms with Crippen molar-refractivity contribution in [3.63, 3.8) is 0 Å². The molecule has 12 aliphatic carbocycles. The third-order valence-corrected chi connectivity index (χ3v) is 34.4. The van der Waals surface area contributed by atoms with E-state index in [0.29, 0.717) is 146 Å². The van der Waals surface area contributed by atoms with Crippen LogP contribution in [0.3, 0.4) is 0 Å². The van der Waals surface area contributed by atoms with Crippen LogP contribution in [-0.2, 0) is 216 Å². The molecule has 0 heterocycles. The molecule has 12 rings (SSSR count). The van der Waals surface area contributed by atoms with Crippen molar-refractivity contribution >= 4 is 40.9 Å². The van der Waals surface area contributed by atoms with E-state index in [0.717, 1.165) is 154 Å². The van der Waals surface area contributed by atoms with E-state index < -0.39 is 12.2 Å². The van der Waals surface area contributed by atoms with Gasteiger partial charge in [-0.1, -0.05) is 62.3 Å². The number of hydrogen-bond acceptors (Lipinski definition) is 16. The van der Waals surface area contributed by atoms with Gasteiger partial charge in [0.25, 0.3) is 0 Å². The fourth-order valence-electron chi connectivity index (χ4n) is 28.3. The number of methoxy groups -OCH3 is 2. The van der Waals surface area contributed by atoms with E-state index in [1.54, 1.807) is 34.6 Å². The molecule has 0 saturated heterocycles. The predicted octanol–water partition coefficient (Wildman–Crippen LogP) is 15.8. The summed E-state index contributed by atoms with van der Waals surface area (Å²) in [6.07, 6.45) is 25.9. The molecule has 12 saturated carbocycles. The molecule has 21 heteroatoms. The van der Waals surface area contributed by atoms with E-state index >= 15 is 0 Å². The van der Waals surface area contributed by atoms with Crippen LogP contribution in [0.25, 0.3) is 0 Å². The van der Waals surface area contributed by atoms with Crippen molar-refractivity contribution in [2.75, 3.05) is 14.2 Å². The fraction of sp³-hybridized carbons (Fsp3) is 0.921. The Hall–Kier alpha value is 2.53. The van der Waals surface area contributed by atoms with Crippen molar-refractivity contribution in [3.8, 4) is 0 Å². The number of aliphatic hydroxyl groups is 5. The number of esters is 2. The Morgan fingerprint density at radius 1 is 0.345 bits per heavy atom. The number of ether oxygens (including phenoxy) is 4. The summed E-state index contributed by atoms with van der Waals surface area (Å²) in [4.78, 5) is 82.0. The van der Waals surface area contributed by atoms with Crippen molar-refractivity contribution in [2.24, 2.45) is 139 Å². The first-order chi connectivity index (χ1) is 49.4. The Labute approximate surface area is 789 Å². The van der Waals surface area contributed by atoms with Gasteiger partial charge in [0.05, 0.1) is 42.7 Å². The van der Waals surface area contributed by atoms with Crippen LogP contribution in [0, 0.1) is 139 Å². The van der Waals surface area contributed by atoms with Crippen LogP contribution in [0.1, 0.15) is 309 Å². The zero-order valence-corrected chi connectivity index (χ0v) is 85.2. The van der Waals surface area contributed by atoms with Crippen molar-refractivity contribution in [1.82, 2.24) is 0 Å². The van der Waals surface area contributed by atoms with Gasteiger partial charge in [-0.05, 0) is 341 Å². The molecule has 0 bridgehead atoms. The van der Waals surface area contributed by atoms with Gasteiger partial charge in [-0.3, -0.25) is 9.59 Å². The summed E-state index contributed by atoms with van der Waals surface area (Å²) in [6.45, 7) is 29.1. The average Bonchev–Trinajstić information content (AvgIpc) is 1.53. The van der Waals surface area contributed by atoms with Crippen LogP contribution in [0.5, 0.6) is 0 Å². The Balaban J connectivity index is 0.000000291. The molecular formula is C89H146O16Y5. The van der Waals surface area contributed by atoms with Gasteiger partial charge in [0.15, 0.2) is 0 Å². The van der Waals surface area contributed by atoms with Crippen molar-refractivity contribution in [3.05, 3.63) is 0 Å². The number of Topliss-reactive ketones (excluding diaryl/α,β-unsaturated/α-hetero) is 5.